The van der Waals surface area contributed by atoms with E-state index >= 15 is 0 Å². The molecule has 7 nitrogen and oxygen atoms in total. The van der Waals surface area contributed by atoms with Crippen molar-refractivity contribution in [1.82, 2.24) is 19.9 Å². The summed E-state index contributed by atoms with van der Waals surface area (Å²) in [7, 11) is 1.61. The van der Waals surface area contributed by atoms with Gasteiger partial charge in [0.05, 0.1) is 18.9 Å². The lowest BCUT2D eigenvalue weighted by molar-refractivity contribution is 0.0492. The average Bonchev–Trinajstić information content (AvgIpc) is 2.89. The summed E-state index contributed by atoms with van der Waals surface area (Å²) in [6.07, 6.45) is 3.14. The van der Waals surface area contributed by atoms with Gasteiger partial charge in [-0.25, -0.2) is 19.7 Å². The summed E-state index contributed by atoms with van der Waals surface area (Å²) >= 11 is 0. The highest BCUT2D eigenvalue weighted by atomic mass is 16.5. The molecule has 2 rings (SSSR count). The Kier molecular flexibility index (Phi) is 5.60. The molecule has 2 aromatic rings. The van der Waals surface area contributed by atoms with Gasteiger partial charge in [0.2, 0.25) is 0 Å². The van der Waals surface area contributed by atoms with Gasteiger partial charge in [0.15, 0.2) is 11.5 Å². The van der Waals surface area contributed by atoms with E-state index in [1.807, 2.05) is 13.8 Å². The second kappa shape index (κ2) is 7.65. The molecule has 0 saturated heterocycles. The number of H-pyrrole nitrogens is 1. The molecule has 0 amide bonds. The molecule has 0 atom stereocenters. The van der Waals surface area contributed by atoms with Gasteiger partial charge in [-0.05, 0) is 13.3 Å². The van der Waals surface area contributed by atoms with E-state index in [1.54, 1.807) is 13.2 Å². The van der Waals surface area contributed by atoms with Crippen LogP contribution in [0.4, 0.5) is 0 Å². The minimum atomic E-state index is -0.447. The largest absolute Gasteiger partial charge is 0.461 e. The van der Waals surface area contributed by atoms with Crippen LogP contribution in [0.3, 0.4) is 0 Å². The number of aryl methyl sites for hydroxylation is 1. The molecule has 0 aromatic carbocycles. The molecule has 0 aliphatic heterocycles. The Balaban J connectivity index is 2.17. The van der Waals surface area contributed by atoms with Crippen LogP contribution in [0.15, 0.2) is 12.4 Å². The van der Waals surface area contributed by atoms with Gasteiger partial charge in [-0.15, -0.1) is 0 Å². The Bertz CT molecular complexity index is 639. The minimum absolute atomic E-state index is 0.225. The smallest absolute Gasteiger partial charge is 0.357 e. The number of hydrogen-bond donors (Lipinski definition) is 1. The van der Waals surface area contributed by atoms with E-state index in [-0.39, 0.29) is 5.69 Å². The Labute approximate surface area is 129 Å². The number of nitrogens with one attached hydrogen (secondary N) is 1. The van der Waals surface area contributed by atoms with Crippen LogP contribution in [0.2, 0.25) is 0 Å². The van der Waals surface area contributed by atoms with Crippen molar-refractivity contribution in [3.8, 4) is 11.5 Å². The van der Waals surface area contributed by atoms with Crippen LogP contribution in [0.5, 0.6) is 0 Å². The van der Waals surface area contributed by atoms with Gasteiger partial charge < -0.3 is 14.5 Å². The van der Waals surface area contributed by atoms with Crippen LogP contribution in [-0.2, 0) is 16.1 Å². The van der Waals surface area contributed by atoms with Crippen molar-refractivity contribution in [1.29, 1.82) is 0 Å². The molecule has 0 bridgehead atoms. The topological polar surface area (TPSA) is 90.0 Å². The van der Waals surface area contributed by atoms with E-state index in [0.29, 0.717) is 24.7 Å². The summed E-state index contributed by atoms with van der Waals surface area (Å²) in [6, 6.07) is 1.57. The van der Waals surface area contributed by atoms with Crippen LogP contribution < -0.4 is 0 Å². The lowest BCUT2D eigenvalue weighted by Gasteiger charge is -2.03. The van der Waals surface area contributed by atoms with Gasteiger partial charge in [0, 0.05) is 18.9 Å². The molecule has 22 heavy (non-hydrogen) atoms. The fraction of sp³-hybridized carbons (Fsp3) is 0.467. The van der Waals surface area contributed by atoms with E-state index < -0.39 is 5.97 Å². The van der Waals surface area contributed by atoms with E-state index in [9.17, 15) is 4.79 Å². The Morgan fingerprint density at radius 1 is 1.36 bits per heavy atom. The van der Waals surface area contributed by atoms with Gasteiger partial charge >= 0.3 is 5.97 Å². The number of rotatable bonds is 7. The SMILES string of the molecule is CCCCOC(=O)c1cc(-c2nc(COC)c(C)[nH]2)ncn1. The fourth-order valence-corrected chi connectivity index (χ4v) is 1.88. The maximum absolute atomic E-state index is 11.9. The first-order valence-electron chi connectivity index (χ1n) is 7.19. The number of methoxy groups -OCH3 is 1. The highest BCUT2D eigenvalue weighted by molar-refractivity contribution is 5.88. The molecule has 7 heteroatoms. The maximum atomic E-state index is 11.9. The second-order valence-electron chi connectivity index (χ2n) is 4.87. The molecule has 0 saturated carbocycles. The zero-order valence-electron chi connectivity index (χ0n) is 13.0. The van der Waals surface area contributed by atoms with Gasteiger partial charge in [0.1, 0.15) is 12.0 Å². The summed E-state index contributed by atoms with van der Waals surface area (Å²) < 4.78 is 10.2. The summed E-state index contributed by atoms with van der Waals surface area (Å²) in [5.74, 6) is 0.132. The predicted octanol–water partition coefficient (Wildman–Crippen LogP) is 2.28. The van der Waals surface area contributed by atoms with Gasteiger partial charge in [-0.2, -0.15) is 0 Å². The predicted molar refractivity (Wildman–Crippen MR) is 80.3 cm³/mol. The van der Waals surface area contributed by atoms with Crippen molar-refractivity contribution < 1.29 is 14.3 Å². The lowest BCUT2D eigenvalue weighted by atomic mass is 10.3. The van der Waals surface area contributed by atoms with Crippen LogP contribution in [0, 0.1) is 6.92 Å². The second-order valence-corrected chi connectivity index (χ2v) is 4.87. The number of nitrogens with zero attached hydrogens (tertiary/aromatic N) is 3. The van der Waals surface area contributed by atoms with E-state index in [1.165, 1.54) is 6.33 Å². The zero-order valence-corrected chi connectivity index (χ0v) is 13.0. The summed E-state index contributed by atoms with van der Waals surface area (Å²) in [4.78, 5) is 27.6. The molecular formula is C15H20N4O3. The third-order valence-corrected chi connectivity index (χ3v) is 3.12. The summed E-state index contributed by atoms with van der Waals surface area (Å²) in [5.41, 5.74) is 2.48. The van der Waals surface area contributed by atoms with Crippen LogP contribution in [-0.4, -0.2) is 39.6 Å². The Hall–Kier alpha value is -2.28. The average molecular weight is 304 g/mol. The zero-order chi connectivity index (χ0) is 15.9. The molecule has 0 aliphatic rings. The number of carbonyl (C=O) groups excluding carboxylic acids is 1. The molecule has 118 valence electrons. The molecule has 2 aromatic heterocycles. The number of unbranched alkanes of at least 4 members (excludes halogenated alkanes) is 1. The molecule has 0 unspecified atom stereocenters. The first-order chi connectivity index (χ1) is 10.7. The third-order valence-electron chi connectivity index (χ3n) is 3.12. The van der Waals surface area contributed by atoms with Crippen LogP contribution in [0.25, 0.3) is 11.5 Å². The van der Waals surface area contributed by atoms with E-state index in [2.05, 4.69) is 19.9 Å². The quantitative estimate of drug-likeness (QED) is 0.623. The monoisotopic (exact) mass is 304 g/mol. The molecule has 0 aliphatic carbocycles. The minimum Gasteiger partial charge on any atom is -0.461 e. The number of aromatic amines is 1. The number of aromatic nitrogens is 4. The molecule has 1 N–H and O–H groups in total. The first kappa shape index (κ1) is 16.1. The van der Waals surface area contributed by atoms with Crippen molar-refractivity contribution in [2.75, 3.05) is 13.7 Å². The molecular weight excluding hydrogens is 284 g/mol. The summed E-state index contributed by atoms with van der Waals surface area (Å²) in [6.45, 7) is 4.76. The van der Waals surface area contributed by atoms with Gasteiger partial charge in [0.25, 0.3) is 0 Å². The Morgan fingerprint density at radius 3 is 2.91 bits per heavy atom. The highest BCUT2D eigenvalue weighted by Gasteiger charge is 2.14. The van der Waals surface area contributed by atoms with Crippen molar-refractivity contribution in [2.24, 2.45) is 0 Å². The van der Waals surface area contributed by atoms with E-state index in [4.69, 9.17) is 9.47 Å². The Morgan fingerprint density at radius 2 is 2.18 bits per heavy atom. The standard InChI is InChI=1S/C15H20N4O3/c1-4-5-6-22-15(20)12-7-11(16-9-17-12)14-18-10(2)13(19-14)8-21-3/h7,9H,4-6,8H2,1-3H3,(H,18,19). The molecule has 2 heterocycles. The number of hydrogen-bond acceptors (Lipinski definition) is 6. The van der Waals surface area contributed by atoms with Crippen LogP contribution in [0.1, 0.15) is 41.6 Å². The normalized spacial score (nSPS) is 10.7. The molecule has 0 spiro atoms. The maximum Gasteiger partial charge on any atom is 0.357 e. The van der Waals surface area contributed by atoms with Crippen molar-refractivity contribution in [3.05, 3.63) is 29.5 Å². The molecule has 0 radical (unpaired) electrons. The van der Waals surface area contributed by atoms with Gasteiger partial charge in [-0.1, -0.05) is 13.3 Å². The number of imidazole rings is 1. The van der Waals surface area contributed by atoms with Crippen molar-refractivity contribution >= 4 is 5.97 Å². The van der Waals surface area contributed by atoms with E-state index in [0.717, 1.165) is 24.2 Å². The number of carbonyl (C=O) groups is 1. The van der Waals surface area contributed by atoms with Gasteiger partial charge in [-0.3, -0.25) is 0 Å². The van der Waals surface area contributed by atoms with Crippen molar-refractivity contribution in [2.45, 2.75) is 33.3 Å². The van der Waals surface area contributed by atoms with Crippen LogP contribution >= 0.6 is 0 Å². The lowest BCUT2D eigenvalue weighted by Crippen LogP contribution is -2.09. The number of esters is 1. The molecule has 0 fully saturated rings. The van der Waals surface area contributed by atoms with Crippen molar-refractivity contribution in [3.63, 3.8) is 0 Å². The number of ether oxygens (including phenoxy) is 2. The fourth-order valence-electron chi connectivity index (χ4n) is 1.88. The first-order valence-corrected chi connectivity index (χ1v) is 7.19. The summed E-state index contributed by atoms with van der Waals surface area (Å²) in [5, 5.41) is 0. The third kappa shape index (κ3) is 3.88. The highest BCUT2D eigenvalue weighted by Crippen LogP contribution is 2.17.